The van der Waals surface area contributed by atoms with Gasteiger partial charge in [-0.15, -0.1) is 0 Å². The maximum Gasteiger partial charge on any atom is 0.147 e. The predicted molar refractivity (Wildman–Crippen MR) is 54.8 cm³/mol. The zero-order chi connectivity index (χ0) is 10.6. The first-order valence-electron chi connectivity index (χ1n) is 4.61. The molecule has 0 atom stereocenters. The van der Waals surface area contributed by atoms with Crippen molar-refractivity contribution in [2.24, 2.45) is 5.92 Å². The smallest absolute Gasteiger partial charge is 0.147 e. The van der Waals surface area contributed by atoms with Crippen LogP contribution in [0.25, 0.3) is 0 Å². The monoisotopic (exact) mass is 190 g/mol. The van der Waals surface area contributed by atoms with Gasteiger partial charge in [0, 0.05) is 6.54 Å². The van der Waals surface area contributed by atoms with Crippen molar-refractivity contribution in [1.82, 2.24) is 9.97 Å². The summed E-state index contributed by atoms with van der Waals surface area (Å²) in [5.74, 6) is 1.83. The molecular weight excluding hydrogens is 176 g/mol. The second-order valence-electron chi connectivity index (χ2n) is 3.57. The van der Waals surface area contributed by atoms with Gasteiger partial charge in [0.15, 0.2) is 0 Å². The zero-order valence-corrected chi connectivity index (χ0v) is 8.70. The second-order valence-corrected chi connectivity index (χ2v) is 3.57. The fourth-order valence-corrected chi connectivity index (χ4v) is 0.987. The molecule has 4 heteroatoms. The van der Waals surface area contributed by atoms with E-state index in [2.05, 4.69) is 35.2 Å². The van der Waals surface area contributed by atoms with Crippen LogP contribution in [0.5, 0.6) is 0 Å². The van der Waals surface area contributed by atoms with Crippen LogP contribution in [-0.4, -0.2) is 16.5 Å². The number of aromatic nitrogens is 2. The average Bonchev–Trinajstić information content (AvgIpc) is 2.15. The summed E-state index contributed by atoms with van der Waals surface area (Å²) in [5.41, 5.74) is 0.497. The number of hydrogen-bond donors (Lipinski definition) is 1. The molecule has 1 aromatic heterocycles. The number of anilines is 1. The van der Waals surface area contributed by atoms with Gasteiger partial charge in [0.1, 0.15) is 23.3 Å². The molecule has 4 nitrogen and oxygen atoms in total. The lowest BCUT2D eigenvalue weighted by molar-refractivity contribution is 0.686. The van der Waals surface area contributed by atoms with Gasteiger partial charge in [-0.05, 0) is 12.8 Å². The van der Waals surface area contributed by atoms with Crippen LogP contribution in [0.15, 0.2) is 6.20 Å². The number of nitrogens with one attached hydrogen (secondary N) is 1. The highest BCUT2D eigenvalue weighted by Gasteiger charge is 2.04. The first-order chi connectivity index (χ1) is 6.63. The van der Waals surface area contributed by atoms with Gasteiger partial charge in [-0.3, -0.25) is 0 Å². The van der Waals surface area contributed by atoms with Crippen molar-refractivity contribution in [2.75, 3.05) is 11.9 Å². The maximum absolute atomic E-state index is 8.80. The molecule has 0 aliphatic rings. The van der Waals surface area contributed by atoms with Gasteiger partial charge in [-0.25, -0.2) is 9.97 Å². The highest BCUT2D eigenvalue weighted by molar-refractivity contribution is 5.50. The molecule has 0 fully saturated rings. The predicted octanol–water partition coefficient (Wildman–Crippen LogP) is 1.72. The van der Waals surface area contributed by atoms with Gasteiger partial charge < -0.3 is 5.32 Å². The lowest BCUT2D eigenvalue weighted by Gasteiger charge is -2.09. The van der Waals surface area contributed by atoms with E-state index in [0.717, 1.165) is 6.54 Å². The first kappa shape index (κ1) is 10.5. The van der Waals surface area contributed by atoms with E-state index in [1.165, 1.54) is 0 Å². The van der Waals surface area contributed by atoms with Crippen molar-refractivity contribution in [1.29, 1.82) is 5.26 Å². The Balaban J connectivity index is 2.84. The summed E-state index contributed by atoms with van der Waals surface area (Å²) in [4.78, 5) is 8.14. The Morgan fingerprint density at radius 1 is 1.57 bits per heavy atom. The molecule has 0 radical (unpaired) electrons. The van der Waals surface area contributed by atoms with Gasteiger partial charge in [0.25, 0.3) is 0 Å². The zero-order valence-electron chi connectivity index (χ0n) is 8.70. The first-order valence-corrected chi connectivity index (χ1v) is 4.61. The minimum atomic E-state index is 0.497. The third-order valence-electron chi connectivity index (χ3n) is 1.71. The molecule has 0 aromatic carbocycles. The quantitative estimate of drug-likeness (QED) is 0.788. The molecule has 0 unspecified atom stereocenters. The number of aryl methyl sites for hydroxylation is 1. The Bertz CT molecular complexity index is 352. The Morgan fingerprint density at radius 3 is 2.86 bits per heavy atom. The molecule has 1 heterocycles. The summed E-state index contributed by atoms with van der Waals surface area (Å²) in [6, 6.07) is 2.06. The van der Waals surface area contributed by atoms with Crippen LogP contribution >= 0.6 is 0 Å². The summed E-state index contributed by atoms with van der Waals surface area (Å²) in [6.07, 6.45) is 1.55. The van der Waals surface area contributed by atoms with Crippen molar-refractivity contribution in [3.63, 3.8) is 0 Å². The molecule has 0 aliphatic carbocycles. The summed E-state index contributed by atoms with van der Waals surface area (Å²) >= 11 is 0. The molecule has 0 saturated carbocycles. The van der Waals surface area contributed by atoms with E-state index in [1.807, 2.05) is 6.92 Å². The van der Waals surface area contributed by atoms with Gasteiger partial charge in [0.2, 0.25) is 0 Å². The molecule has 0 amide bonds. The maximum atomic E-state index is 8.80. The van der Waals surface area contributed by atoms with Crippen molar-refractivity contribution in [3.05, 3.63) is 17.6 Å². The Morgan fingerprint density at radius 2 is 2.29 bits per heavy atom. The summed E-state index contributed by atoms with van der Waals surface area (Å²) < 4.78 is 0. The molecule has 0 spiro atoms. The number of hydrogen-bond acceptors (Lipinski definition) is 4. The summed E-state index contributed by atoms with van der Waals surface area (Å²) in [6.45, 7) is 6.83. The van der Waals surface area contributed by atoms with E-state index in [1.54, 1.807) is 6.20 Å². The van der Waals surface area contributed by atoms with Crippen LogP contribution in [0.2, 0.25) is 0 Å². The van der Waals surface area contributed by atoms with E-state index in [0.29, 0.717) is 23.1 Å². The van der Waals surface area contributed by atoms with E-state index in [4.69, 9.17) is 5.26 Å². The molecule has 0 saturated heterocycles. The lowest BCUT2D eigenvalue weighted by Crippen LogP contribution is -2.11. The SMILES string of the molecule is Cc1ncc(C#N)c(NCC(C)C)n1. The standard InChI is InChI=1S/C10H14N4/c1-7(2)5-13-10-9(4-11)6-12-8(3)14-10/h6-7H,5H2,1-3H3,(H,12,13,14). The van der Waals surface area contributed by atoms with Crippen LogP contribution in [0.4, 0.5) is 5.82 Å². The van der Waals surface area contributed by atoms with Crippen LogP contribution in [0.1, 0.15) is 25.2 Å². The molecule has 0 aliphatic heterocycles. The van der Waals surface area contributed by atoms with Crippen LogP contribution in [0.3, 0.4) is 0 Å². The van der Waals surface area contributed by atoms with Crippen molar-refractivity contribution in [2.45, 2.75) is 20.8 Å². The normalized spacial score (nSPS) is 9.93. The van der Waals surface area contributed by atoms with Crippen molar-refractivity contribution >= 4 is 5.82 Å². The Labute approximate surface area is 84.0 Å². The largest absolute Gasteiger partial charge is 0.369 e. The average molecular weight is 190 g/mol. The topological polar surface area (TPSA) is 61.6 Å². The van der Waals surface area contributed by atoms with Crippen LogP contribution in [-0.2, 0) is 0 Å². The number of nitriles is 1. The highest BCUT2D eigenvalue weighted by Crippen LogP contribution is 2.10. The Kier molecular flexibility index (Phi) is 3.41. The molecule has 1 N–H and O–H groups in total. The minimum absolute atomic E-state index is 0.497. The molecule has 14 heavy (non-hydrogen) atoms. The third kappa shape index (κ3) is 2.70. The lowest BCUT2D eigenvalue weighted by atomic mass is 10.2. The summed E-state index contributed by atoms with van der Waals surface area (Å²) in [7, 11) is 0. The van der Waals surface area contributed by atoms with Gasteiger partial charge in [-0.1, -0.05) is 13.8 Å². The number of nitrogens with zero attached hydrogens (tertiary/aromatic N) is 3. The highest BCUT2D eigenvalue weighted by atomic mass is 15.0. The van der Waals surface area contributed by atoms with Crippen LogP contribution in [0, 0.1) is 24.2 Å². The summed E-state index contributed by atoms with van der Waals surface area (Å²) in [5, 5.41) is 11.9. The van der Waals surface area contributed by atoms with Gasteiger partial charge in [0.05, 0.1) is 6.20 Å². The van der Waals surface area contributed by atoms with E-state index >= 15 is 0 Å². The van der Waals surface area contributed by atoms with Crippen molar-refractivity contribution in [3.8, 4) is 6.07 Å². The van der Waals surface area contributed by atoms with E-state index in [9.17, 15) is 0 Å². The van der Waals surface area contributed by atoms with Crippen molar-refractivity contribution < 1.29 is 0 Å². The number of rotatable bonds is 3. The van der Waals surface area contributed by atoms with Crippen LogP contribution < -0.4 is 5.32 Å². The van der Waals surface area contributed by atoms with E-state index in [-0.39, 0.29) is 0 Å². The molecule has 0 bridgehead atoms. The molecular formula is C10H14N4. The third-order valence-corrected chi connectivity index (χ3v) is 1.71. The molecule has 1 aromatic rings. The van der Waals surface area contributed by atoms with Gasteiger partial charge >= 0.3 is 0 Å². The Hall–Kier alpha value is -1.63. The second kappa shape index (κ2) is 4.56. The fraction of sp³-hybridized carbons (Fsp3) is 0.500. The molecule has 74 valence electrons. The minimum Gasteiger partial charge on any atom is -0.369 e. The van der Waals surface area contributed by atoms with E-state index < -0.39 is 0 Å². The fourth-order valence-electron chi connectivity index (χ4n) is 0.987. The van der Waals surface area contributed by atoms with Gasteiger partial charge in [-0.2, -0.15) is 5.26 Å². The molecule has 1 rings (SSSR count).